The van der Waals surface area contributed by atoms with E-state index in [1.54, 1.807) is 6.33 Å². The second kappa shape index (κ2) is 3.39. The summed E-state index contributed by atoms with van der Waals surface area (Å²) in [6.07, 6.45) is 5.73. The van der Waals surface area contributed by atoms with Crippen LogP contribution in [0.25, 0.3) is 0 Å². The first-order chi connectivity index (χ1) is 5.86. The van der Waals surface area contributed by atoms with Gasteiger partial charge in [-0.2, -0.15) is 4.37 Å². The molecule has 1 atom stereocenters. The molecule has 3 nitrogen and oxygen atoms in total. The van der Waals surface area contributed by atoms with E-state index in [0.717, 1.165) is 11.0 Å². The first kappa shape index (κ1) is 7.98. The molecule has 1 aliphatic carbocycles. The van der Waals surface area contributed by atoms with Crippen LogP contribution in [0.4, 0.5) is 5.13 Å². The van der Waals surface area contributed by atoms with Crippen molar-refractivity contribution < 1.29 is 0 Å². The van der Waals surface area contributed by atoms with Crippen LogP contribution in [0.2, 0.25) is 0 Å². The van der Waals surface area contributed by atoms with Gasteiger partial charge in [-0.05, 0) is 25.7 Å². The normalized spacial score (nSPS) is 20.1. The van der Waals surface area contributed by atoms with Gasteiger partial charge in [-0.15, -0.1) is 0 Å². The third-order valence-electron chi connectivity index (χ3n) is 2.57. The quantitative estimate of drug-likeness (QED) is 0.780. The number of nitrogens with zero attached hydrogens (tertiary/aromatic N) is 2. The van der Waals surface area contributed by atoms with Crippen molar-refractivity contribution in [1.82, 2.24) is 9.36 Å². The van der Waals surface area contributed by atoms with Crippen molar-refractivity contribution in [2.75, 3.05) is 5.32 Å². The van der Waals surface area contributed by atoms with Crippen molar-refractivity contribution in [3.63, 3.8) is 0 Å². The summed E-state index contributed by atoms with van der Waals surface area (Å²) in [7, 11) is 0. The molecule has 1 aromatic rings. The lowest BCUT2D eigenvalue weighted by molar-refractivity contribution is 0.285. The summed E-state index contributed by atoms with van der Waals surface area (Å²) in [5.41, 5.74) is 0. The van der Waals surface area contributed by atoms with Crippen molar-refractivity contribution in [3.8, 4) is 0 Å². The smallest absolute Gasteiger partial charge is 0.202 e. The van der Waals surface area contributed by atoms with E-state index in [0.29, 0.717) is 6.04 Å². The van der Waals surface area contributed by atoms with Crippen LogP contribution in [-0.4, -0.2) is 15.4 Å². The summed E-state index contributed by atoms with van der Waals surface area (Å²) >= 11 is 1.43. The molecule has 0 bridgehead atoms. The fraction of sp³-hybridized carbons (Fsp3) is 0.750. The fourth-order valence-electron chi connectivity index (χ4n) is 1.49. The minimum atomic E-state index is 0.562. The first-order valence-corrected chi connectivity index (χ1v) is 5.17. The number of anilines is 1. The van der Waals surface area contributed by atoms with Crippen LogP contribution in [0, 0.1) is 5.92 Å². The molecule has 1 fully saturated rings. The predicted molar refractivity (Wildman–Crippen MR) is 50.3 cm³/mol. The molecule has 66 valence electrons. The van der Waals surface area contributed by atoms with Crippen LogP contribution in [0.5, 0.6) is 0 Å². The summed E-state index contributed by atoms with van der Waals surface area (Å²) in [4.78, 5) is 4.09. The molecule has 1 aromatic heterocycles. The lowest BCUT2D eigenvalue weighted by Crippen LogP contribution is -2.30. The first-order valence-electron chi connectivity index (χ1n) is 4.39. The third-order valence-corrected chi connectivity index (χ3v) is 3.17. The largest absolute Gasteiger partial charge is 0.358 e. The molecule has 0 unspecified atom stereocenters. The molecule has 1 N–H and O–H groups in total. The van der Waals surface area contributed by atoms with Crippen molar-refractivity contribution in [3.05, 3.63) is 6.33 Å². The Morgan fingerprint density at radius 1 is 1.67 bits per heavy atom. The fourth-order valence-corrected chi connectivity index (χ4v) is 2.02. The SMILES string of the molecule is C[C@@H](Nc1ncns1)C1CCC1. The van der Waals surface area contributed by atoms with Gasteiger partial charge in [0.2, 0.25) is 5.13 Å². The monoisotopic (exact) mass is 183 g/mol. The number of nitrogens with one attached hydrogen (secondary N) is 1. The van der Waals surface area contributed by atoms with Crippen LogP contribution in [0.3, 0.4) is 0 Å². The zero-order chi connectivity index (χ0) is 8.39. The maximum atomic E-state index is 4.09. The number of aromatic nitrogens is 2. The van der Waals surface area contributed by atoms with E-state index in [1.165, 1.54) is 30.8 Å². The van der Waals surface area contributed by atoms with Crippen LogP contribution in [0.1, 0.15) is 26.2 Å². The molecule has 0 aromatic carbocycles. The maximum absolute atomic E-state index is 4.09. The summed E-state index contributed by atoms with van der Waals surface area (Å²) in [5.74, 6) is 0.855. The van der Waals surface area contributed by atoms with Gasteiger partial charge in [-0.25, -0.2) is 4.98 Å². The van der Waals surface area contributed by atoms with Gasteiger partial charge >= 0.3 is 0 Å². The Hall–Kier alpha value is -0.640. The molecule has 2 rings (SSSR count). The van der Waals surface area contributed by atoms with Gasteiger partial charge < -0.3 is 5.32 Å². The summed E-state index contributed by atoms with van der Waals surface area (Å²) in [6, 6.07) is 0.562. The van der Waals surface area contributed by atoms with E-state index < -0.39 is 0 Å². The Morgan fingerprint density at radius 2 is 2.50 bits per heavy atom. The Kier molecular flexibility index (Phi) is 2.26. The highest BCUT2D eigenvalue weighted by Gasteiger charge is 2.23. The van der Waals surface area contributed by atoms with Crippen LogP contribution in [-0.2, 0) is 0 Å². The topological polar surface area (TPSA) is 37.8 Å². The second-order valence-corrected chi connectivity index (χ2v) is 4.15. The molecule has 1 saturated carbocycles. The molecule has 0 saturated heterocycles. The van der Waals surface area contributed by atoms with Crippen molar-refractivity contribution in [2.45, 2.75) is 32.2 Å². The van der Waals surface area contributed by atoms with E-state index in [1.807, 2.05) is 0 Å². The molecular formula is C8H13N3S. The molecule has 4 heteroatoms. The maximum Gasteiger partial charge on any atom is 0.202 e. The molecular weight excluding hydrogens is 170 g/mol. The molecule has 1 heterocycles. The van der Waals surface area contributed by atoms with Gasteiger partial charge in [0.1, 0.15) is 6.33 Å². The molecule has 1 aliphatic rings. The second-order valence-electron chi connectivity index (χ2n) is 3.37. The van der Waals surface area contributed by atoms with E-state index in [4.69, 9.17) is 0 Å². The van der Waals surface area contributed by atoms with Gasteiger partial charge in [0, 0.05) is 17.6 Å². The Morgan fingerprint density at radius 3 is 3.00 bits per heavy atom. The highest BCUT2D eigenvalue weighted by Crippen LogP contribution is 2.30. The molecule has 0 radical (unpaired) electrons. The Balaban J connectivity index is 1.86. The lowest BCUT2D eigenvalue weighted by atomic mass is 9.80. The number of rotatable bonds is 3. The zero-order valence-corrected chi connectivity index (χ0v) is 7.97. The van der Waals surface area contributed by atoms with E-state index in [-0.39, 0.29) is 0 Å². The van der Waals surface area contributed by atoms with Crippen LogP contribution < -0.4 is 5.32 Å². The average Bonchev–Trinajstić information content (AvgIpc) is 2.34. The summed E-state index contributed by atoms with van der Waals surface area (Å²) in [6.45, 7) is 2.23. The van der Waals surface area contributed by atoms with Gasteiger partial charge in [0.15, 0.2) is 0 Å². The Bertz CT molecular complexity index is 230. The molecule has 12 heavy (non-hydrogen) atoms. The van der Waals surface area contributed by atoms with Gasteiger partial charge in [-0.1, -0.05) is 6.42 Å². The predicted octanol–water partition coefficient (Wildman–Crippen LogP) is 2.14. The van der Waals surface area contributed by atoms with Crippen LogP contribution in [0.15, 0.2) is 6.33 Å². The molecule has 0 spiro atoms. The standard InChI is InChI=1S/C8H13N3S/c1-6(7-3-2-4-7)11-8-9-5-10-12-8/h5-7H,2-4H2,1H3,(H,9,10,11)/t6-/m1/s1. The third kappa shape index (κ3) is 1.58. The minimum absolute atomic E-state index is 0.562. The highest BCUT2D eigenvalue weighted by molar-refractivity contribution is 7.09. The van der Waals surface area contributed by atoms with Crippen LogP contribution >= 0.6 is 11.5 Å². The van der Waals surface area contributed by atoms with Gasteiger partial charge in [0.25, 0.3) is 0 Å². The highest BCUT2D eigenvalue weighted by atomic mass is 32.1. The van der Waals surface area contributed by atoms with E-state index in [9.17, 15) is 0 Å². The van der Waals surface area contributed by atoms with E-state index >= 15 is 0 Å². The lowest BCUT2D eigenvalue weighted by Gasteiger charge is -2.31. The summed E-state index contributed by atoms with van der Waals surface area (Å²) < 4.78 is 3.95. The van der Waals surface area contributed by atoms with Crippen molar-refractivity contribution >= 4 is 16.7 Å². The zero-order valence-electron chi connectivity index (χ0n) is 7.16. The number of hydrogen-bond donors (Lipinski definition) is 1. The van der Waals surface area contributed by atoms with Crippen molar-refractivity contribution in [2.24, 2.45) is 5.92 Å². The van der Waals surface area contributed by atoms with Gasteiger partial charge in [-0.3, -0.25) is 0 Å². The molecule has 0 aliphatic heterocycles. The summed E-state index contributed by atoms with van der Waals surface area (Å²) in [5, 5.41) is 4.32. The average molecular weight is 183 g/mol. The van der Waals surface area contributed by atoms with Crippen molar-refractivity contribution in [1.29, 1.82) is 0 Å². The Labute approximate surface area is 76.4 Å². The van der Waals surface area contributed by atoms with Gasteiger partial charge in [0.05, 0.1) is 0 Å². The molecule has 0 amide bonds. The number of hydrogen-bond acceptors (Lipinski definition) is 4. The minimum Gasteiger partial charge on any atom is -0.358 e. The van der Waals surface area contributed by atoms with E-state index in [2.05, 4.69) is 21.6 Å².